The van der Waals surface area contributed by atoms with Crippen LogP contribution in [-0.2, 0) is 16.1 Å². The summed E-state index contributed by atoms with van der Waals surface area (Å²) in [6, 6.07) is 21.2. The second kappa shape index (κ2) is 12.2. The number of benzene rings is 3. The topological polar surface area (TPSA) is 99.9 Å². The number of carbonyl (C=O) groups is 1. The molecule has 1 N–H and O–H groups in total. The van der Waals surface area contributed by atoms with E-state index < -0.39 is 4.92 Å². The Kier molecular flexibility index (Phi) is 8.79. The zero-order chi connectivity index (χ0) is 23.5. The van der Waals surface area contributed by atoms with Gasteiger partial charge in [0.2, 0.25) is 0 Å². The van der Waals surface area contributed by atoms with Crippen molar-refractivity contribution in [3.63, 3.8) is 0 Å². The van der Waals surface area contributed by atoms with E-state index in [1.165, 1.54) is 18.2 Å². The number of nitrogens with zero attached hydrogens (tertiary/aromatic N) is 1. The predicted octanol–water partition coefficient (Wildman–Crippen LogP) is 4.37. The van der Waals surface area contributed by atoms with Crippen LogP contribution in [0.2, 0.25) is 0 Å². The van der Waals surface area contributed by atoms with E-state index in [2.05, 4.69) is 5.32 Å². The number of non-ortho nitro benzene ring substituents is 1. The Morgan fingerprint density at radius 3 is 2.48 bits per heavy atom. The minimum absolute atomic E-state index is 0.0619. The lowest BCUT2D eigenvalue weighted by Crippen LogP contribution is -2.30. The molecule has 3 aromatic carbocycles. The lowest BCUT2D eigenvalue weighted by Gasteiger charge is -2.12. The molecule has 0 saturated carbocycles. The third-order valence-corrected chi connectivity index (χ3v) is 4.83. The standard InChI is InChI=1S/C25H26N2O6/c1-31-22-11-8-20(9-12-22)23-16-21(27(29)30)10-13-24(23)33-18-25(28)26-14-5-15-32-17-19-6-3-2-4-7-19/h2-4,6-13,16H,5,14-15,17-18H2,1H3,(H,26,28). The maximum absolute atomic E-state index is 12.2. The van der Waals surface area contributed by atoms with Gasteiger partial charge in [-0.25, -0.2) is 0 Å². The van der Waals surface area contributed by atoms with Crippen molar-refractivity contribution in [2.45, 2.75) is 13.0 Å². The van der Waals surface area contributed by atoms with E-state index >= 15 is 0 Å². The highest BCUT2D eigenvalue weighted by Gasteiger charge is 2.15. The molecule has 172 valence electrons. The first-order valence-electron chi connectivity index (χ1n) is 10.5. The summed E-state index contributed by atoms with van der Waals surface area (Å²) in [6.07, 6.45) is 0.674. The van der Waals surface area contributed by atoms with Gasteiger partial charge in [-0.15, -0.1) is 0 Å². The second-order valence-electron chi connectivity index (χ2n) is 7.20. The van der Waals surface area contributed by atoms with Crippen LogP contribution in [0.1, 0.15) is 12.0 Å². The van der Waals surface area contributed by atoms with E-state index in [0.29, 0.717) is 48.8 Å². The van der Waals surface area contributed by atoms with Gasteiger partial charge in [0.15, 0.2) is 6.61 Å². The molecule has 0 atom stereocenters. The molecule has 8 heteroatoms. The third-order valence-electron chi connectivity index (χ3n) is 4.83. The number of rotatable bonds is 12. The fraction of sp³-hybridized carbons (Fsp3) is 0.240. The van der Waals surface area contributed by atoms with Crippen LogP contribution in [0.15, 0.2) is 72.8 Å². The summed E-state index contributed by atoms with van der Waals surface area (Å²) in [5.41, 5.74) is 2.28. The van der Waals surface area contributed by atoms with Crippen molar-refractivity contribution < 1.29 is 23.9 Å². The Morgan fingerprint density at radius 1 is 1.03 bits per heavy atom. The van der Waals surface area contributed by atoms with Crippen LogP contribution >= 0.6 is 0 Å². The van der Waals surface area contributed by atoms with E-state index in [4.69, 9.17) is 14.2 Å². The van der Waals surface area contributed by atoms with Gasteiger partial charge in [0, 0.05) is 30.8 Å². The summed E-state index contributed by atoms with van der Waals surface area (Å²) >= 11 is 0. The molecule has 0 aliphatic carbocycles. The molecule has 0 unspecified atom stereocenters. The molecule has 0 aliphatic heterocycles. The Balaban J connectivity index is 1.50. The minimum Gasteiger partial charge on any atom is -0.497 e. The van der Waals surface area contributed by atoms with Gasteiger partial charge in [0.05, 0.1) is 18.6 Å². The third kappa shape index (κ3) is 7.33. The highest BCUT2D eigenvalue weighted by atomic mass is 16.6. The van der Waals surface area contributed by atoms with Gasteiger partial charge in [-0.05, 0) is 35.7 Å². The molecule has 0 heterocycles. The summed E-state index contributed by atoms with van der Waals surface area (Å²) in [4.78, 5) is 22.9. The highest BCUT2D eigenvalue weighted by molar-refractivity contribution is 5.78. The zero-order valence-corrected chi connectivity index (χ0v) is 18.4. The Labute approximate surface area is 192 Å². The van der Waals surface area contributed by atoms with E-state index in [1.54, 1.807) is 31.4 Å². The van der Waals surface area contributed by atoms with E-state index in [9.17, 15) is 14.9 Å². The summed E-state index contributed by atoms with van der Waals surface area (Å²) in [5, 5.41) is 14.0. The minimum atomic E-state index is -0.469. The number of nitro groups is 1. The summed E-state index contributed by atoms with van der Waals surface area (Å²) in [7, 11) is 1.56. The van der Waals surface area contributed by atoms with Crippen LogP contribution in [0.3, 0.4) is 0 Å². The molecule has 3 aromatic rings. The molecule has 0 fully saturated rings. The number of carbonyl (C=O) groups excluding carboxylic acids is 1. The molecule has 0 radical (unpaired) electrons. The molecule has 33 heavy (non-hydrogen) atoms. The second-order valence-corrected chi connectivity index (χ2v) is 7.20. The van der Waals surface area contributed by atoms with Gasteiger partial charge < -0.3 is 19.5 Å². The van der Waals surface area contributed by atoms with Gasteiger partial charge in [0.1, 0.15) is 11.5 Å². The number of nitrogens with one attached hydrogen (secondary N) is 1. The number of hydrogen-bond donors (Lipinski definition) is 1. The monoisotopic (exact) mass is 450 g/mol. The van der Waals surface area contributed by atoms with Crippen molar-refractivity contribution in [2.75, 3.05) is 26.9 Å². The Bertz CT molecular complexity index is 1050. The first-order valence-corrected chi connectivity index (χ1v) is 10.5. The molecule has 1 amide bonds. The van der Waals surface area contributed by atoms with Crippen molar-refractivity contribution in [1.82, 2.24) is 5.32 Å². The molecule has 0 bridgehead atoms. The van der Waals surface area contributed by atoms with Crippen molar-refractivity contribution >= 4 is 11.6 Å². The van der Waals surface area contributed by atoms with Gasteiger partial charge in [-0.3, -0.25) is 14.9 Å². The number of nitro benzene ring substituents is 1. The predicted molar refractivity (Wildman–Crippen MR) is 124 cm³/mol. The fourth-order valence-corrected chi connectivity index (χ4v) is 3.11. The highest BCUT2D eigenvalue weighted by Crippen LogP contribution is 2.34. The fourth-order valence-electron chi connectivity index (χ4n) is 3.11. The molecule has 0 aliphatic rings. The Hall–Kier alpha value is -3.91. The molecule has 0 aromatic heterocycles. The maximum Gasteiger partial charge on any atom is 0.270 e. The summed E-state index contributed by atoms with van der Waals surface area (Å²) in [5.74, 6) is 0.767. The largest absolute Gasteiger partial charge is 0.497 e. The number of ether oxygens (including phenoxy) is 3. The van der Waals surface area contributed by atoms with Gasteiger partial charge in [-0.2, -0.15) is 0 Å². The molecule has 3 rings (SSSR count). The lowest BCUT2D eigenvalue weighted by atomic mass is 10.0. The van der Waals surface area contributed by atoms with Crippen molar-refractivity contribution in [2.24, 2.45) is 0 Å². The van der Waals surface area contributed by atoms with Crippen molar-refractivity contribution in [1.29, 1.82) is 0 Å². The Morgan fingerprint density at radius 2 is 1.79 bits per heavy atom. The maximum atomic E-state index is 12.2. The van der Waals surface area contributed by atoms with Crippen LogP contribution in [0.4, 0.5) is 5.69 Å². The summed E-state index contributed by atoms with van der Waals surface area (Å²) < 4.78 is 16.4. The smallest absolute Gasteiger partial charge is 0.270 e. The van der Waals surface area contributed by atoms with Crippen molar-refractivity contribution in [3.05, 3.63) is 88.5 Å². The van der Waals surface area contributed by atoms with E-state index in [0.717, 1.165) is 5.56 Å². The lowest BCUT2D eigenvalue weighted by molar-refractivity contribution is -0.384. The van der Waals surface area contributed by atoms with Crippen LogP contribution in [0.5, 0.6) is 11.5 Å². The van der Waals surface area contributed by atoms with Gasteiger partial charge in [0.25, 0.3) is 11.6 Å². The normalized spacial score (nSPS) is 10.5. The van der Waals surface area contributed by atoms with Crippen molar-refractivity contribution in [3.8, 4) is 22.6 Å². The number of amides is 1. The number of methoxy groups -OCH3 is 1. The van der Waals surface area contributed by atoms with Crippen LogP contribution in [-0.4, -0.2) is 37.7 Å². The molecular weight excluding hydrogens is 424 g/mol. The average molecular weight is 450 g/mol. The van der Waals surface area contributed by atoms with E-state index in [1.807, 2.05) is 30.3 Å². The van der Waals surface area contributed by atoms with Gasteiger partial charge >= 0.3 is 0 Å². The zero-order valence-electron chi connectivity index (χ0n) is 18.4. The first-order chi connectivity index (χ1) is 16.1. The van der Waals surface area contributed by atoms with Gasteiger partial charge in [-0.1, -0.05) is 42.5 Å². The average Bonchev–Trinajstić information content (AvgIpc) is 2.85. The van der Waals surface area contributed by atoms with Crippen LogP contribution in [0.25, 0.3) is 11.1 Å². The van der Waals surface area contributed by atoms with E-state index in [-0.39, 0.29) is 18.2 Å². The molecule has 8 nitrogen and oxygen atoms in total. The quantitative estimate of drug-likeness (QED) is 0.250. The SMILES string of the molecule is COc1ccc(-c2cc([N+](=O)[O-])ccc2OCC(=O)NCCCOCc2ccccc2)cc1. The molecule has 0 spiro atoms. The van der Waals surface area contributed by atoms with Crippen LogP contribution in [0, 0.1) is 10.1 Å². The number of hydrogen-bond acceptors (Lipinski definition) is 6. The molecule has 0 saturated heterocycles. The first kappa shape index (κ1) is 23.7. The van der Waals surface area contributed by atoms with Crippen LogP contribution < -0.4 is 14.8 Å². The molecular formula is C25H26N2O6. The summed E-state index contributed by atoms with van der Waals surface area (Å²) in [6.45, 7) is 1.32.